The Morgan fingerprint density at radius 1 is 1.00 bits per heavy atom. The van der Waals surface area contributed by atoms with E-state index >= 15 is 0 Å². The maximum Gasteiger partial charge on any atom is 0.191 e. The SMILES string of the molecule is CCOCCNC(=NC)NCc1ccc(Oc2ccccc2OC)cc1. The summed E-state index contributed by atoms with van der Waals surface area (Å²) in [6.07, 6.45) is 0. The molecule has 0 bridgehead atoms. The molecule has 0 spiro atoms. The first-order valence-corrected chi connectivity index (χ1v) is 8.69. The number of nitrogens with one attached hydrogen (secondary N) is 2. The fourth-order valence-corrected chi connectivity index (χ4v) is 2.30. The van der Waals surface area contributed by atoms with Gasteiger partial charge in [0, 0.05) is 26.7 Å². The van der Waals surface area contributed by atoms with Gasteiger partial charge in [-0.2, -0.15) is 0 Å². The van der Waals surface area contributed by atoms with E-state index in [0.717, 1.165) is 30.4 Å². The molecule has 140 valence electrons. The smallest absolute Gasteiger partial charge is 0.191 e. The van der Waals surface area contributed by atoms with Gasteiger partial charge >= 0.3 is 0 Å². The van der Waals surface area contributed by atoms with E-state index in [2.05, 4.69) is 15.6 Å². The number of rotatable bonds is 9. The fraction of sp³-hybridized carbons (Fsp3) is 0.350. The number of aliphatic imine (C=N–C) groups is 1. The van der Waals surface area contributed by atoms with E-state index in [-0.39, 0.29) is 0 Å². The molecule has 0 unspecified atom stereocenters. The van der Waals surface area contributed by atoms with Gasteiger partial charge < -0.3 is 24.8 Å². The molecule has 0 aromatic heterocycles. The van der Waals surface area contributed by atoms with Gasteiger partial charge in [-0.3, -0.25) is 4.99 Å². The van der Waals surface area contributed by atoms with Gasteiger partial charge in [0.2, 0.25) is 0 Å². The summed E-state index contributed by atoms with van der Waals surface area (Å²) in [7, 11) is 3.38. The molecule has 0 atom stereocenters. The number of benzene rings is 2. The third kappa shape index (κ3) is 6.29. The second-order valence-electron chi connectivity index (χ2n) is 5.45. The predicted octanol–water partition coefficient (Wildman–Crippen LogP) is 3.19. The van der Waals surface area contributed by atoms with Crippen molar-refractivity contribution in [3.05, 3.63) is 54.1 Å². The van der Waals surface area contributed by atoms with Crippen LogP contribution in [-0.2, 0) is 11.3 Å². The second-order valence-corrected chi connectivity index (χ2v) is 5.45. The number of ether oxygens (including phenoxy) is 3. The van der Waals surface area contributed by atoms with Crippen LogP contribution < -0.4 is 20.1 Å². The average molecular weight is 357 g/mol. The van der Waals surface area contributed by atoms with Crippen LogP contribution in [0, 0.1) is 0 Å². The zero-order chi connectivity index (χ0) is 18.6. The van der Waals surface area contributed by atoms with Gasteiger partial charge in [0.1, 0.15) is 5.75 Å². The van der Waals surface area contributed by atoms with Gasteiger partial charge in [0.05, 0.1) is 13.7 Å². The highest BCUT2D eigenvalue weighted by Crippen LogP contribution is 2.30. The minimum atomic E-state index is 0.659. The minimum absolute atomic E-state index is 0.659. The lowest BCUT2D eigenvalue weighted by Crippen LogP contribution is -2.38. The highest BCUT2D eigenvalue weighted by atomic mass is 16.5. The van der Waals surface area contributed by atoms with Crippen molar-refractivity contribution in [2.45, 2.75) is 13.5 Å². The van der Waals surface area contributed by atoms with Gasteiger partial charge in [0.15, 0.2) is 17.5 Å². The largest absolute Gasteiger partial charge is 0.493 e. The van der Waals surface area contributed by atoms with Crippen molar-refractivity contribution in [2.75, 3.05) is 33.9 Å². The predicted molar refractivity (Wildman–Crippen MR) is 104 cm³/mol. The fourth-order valence-electron chi connectivity index (χ4n) is 2.30. The van der Waals surface area contributed by atoms with Gasteiger partial charge in [-0.1, -0.05) is 24.3 Å². The Morgan fingerprint density at radius 3 is 2.38 bits per heavy atom. The van der Waals surface area contributed by atoms with Crippen molar-refractivity contribution < 1.29 is 14.2 Å². The maximum absolute atomic E-state index is 5.88. The Labute approximate surface area is 155 Å². The Hall–Kier alpha value is -2.73. The van der Waals surface area contributed by atoms with Crippen LogP contribution in [0.1, 0.15) is 12.5 Å². The molecule has 26 heavy (non-hydrogen) atoms. The maximum atomic E-state index is 5.88. The van der Waals surface area contributed by atoms with Crippen LogP contribution in [0.15, 0.2) is 53.5 Å². The number of hydrogen-bond donors (Lipinski definition) is 2. The summed E-state index contributed by atoms with van der Waals surface area (Å²) in [4.78, 5) is 4.19. The van der Waals surface area contributed by atoms with Gasteiger partial charge in [-0.05, 0) is 36.8 Å². The normalized spacial score (nSPS) is 11.1. The van der Waals surface area contributed by atoms with Gasteiger partial charge in [-0.15, -0.1) is 0 Å². The van der Waals surface area contributed by atoms with E-state index in [1.165, 1.54) is 0 Å². The lowest BCUT2D eigenvalue weighted by molar-refractivity contribution is 0.152. The molecule has 6 nitrogen and oxygen atoms in total. The van der Waals surface area contributed by atoms with Crippen molar-refractivity contribution in [3.63, 3.8) is 0 Å². The quantitative estimate of drug-likeness (QED) is 0.410. The molecule has 2 rings (SSSR count). The molecule has 0 aliphatic rings. The van der Waals surface area contributed by atoms with E-state index < -0.39 is 0 Å². The molecule has 2 N–H and O–H groups in total. The first-order chi connectivity index (χ1) is 12.8. The number of para-hydroxylation sites is 2. The summed E-state index contributed by atoms with van der Waals surface area (Å²) in [6.45, 7) is 4.75. The molecule has 2 aromatic rings. The molecule has 0 fully saturated rings. The lowest BCUT2D eigenvalue weighted by Gasteiger charge is -2.13. The molecule has 0 amide bonds. The van der Waals surface area contributed by atoms with E-state index in [0.29, 0.717) is 24.7 Å². The Morgan fingerprint density at radius 2 is 1.73 bits per heavy atom. The monoisotopic (exact) mass is 357 g/mol. The number of nitrogens with zero attached hydrogens (tertiary/aromatic N) is 1. The van der Waals surface area contributed by atoms with Crippen molar-refractivity contribution >= 4 is 5.96 Å². The van der Waals surface area contributed by atoms with Crippen LogP contribution in [0.3, 0.4) is 0 Å². The standard InChI is InChI=1S/C20H27N3O3/c1-4-25-14-13-22-20(21-2)23-15-16-9-11-17(12-10-16)26-19-8-6-5-7-18(19)24-3/h5-12H,4,13-15H2,1-3H3,(H2,21,22,23). The summed E-state index contributed by atoms with van der Waals surface area (Å²) in [5, 5.41) is 6.48. The molecular weight excluding hydrogens is 330 g/mol. The zero-order valence-electron chi connectivity index (χ0n) is 15.6. The average Bonchev–Trinajstić information content (AvgIpc) is 2.69. The zero-order valence-corrected chi connectivity index (χ0v) is 15.6. The van der Waals surface area contributed by atoms with Gasteiger partial charge in [0.25, 0.3) is 0 Å². The molecule has 2 aromatic carbocycles. The van der Waals surface area contributed by atoms with Crippen molar-refractivity contribution in [1.82, 2.24) is 10.6 Å². The summed E-state index contributed by atoms with van der Waals surface area (Å²) in [5.74, 6) is 2.91. The van der Waals surface area contributed by atoms with Crippen LogP contribution in [0.2, 0.25) is 0 Å². The van der Waals surface area contributed by atoms with E-state index in [1.54, 1.807) is 14.2 Å². The number of hydrogen-bond acceptors (Lipinski definition) is 4. The number of methoxy groups -OCH3 is 1. The molecule has 0 heterocycles. The summed E-state index contributed by atoms with van der Waals surface area (Å²) in [6, 6.07) is 15.5. The minimum Gasteiger partial charge on any atom is -0.493 e. The molecule has 0 radical (unpaired) electrons. The van der Waals surface area contributed by atoms with Crippen molar-refractivity contribution in [2.24, 2.45) is 4.99 Å². The lowest BCUT2D eigenvalue weighted by atomic mass is 10.2. The third-order valence-corrected chi connectivity index (χ3v) is 3.65. The van der Waals surface area contributed by atoms with Crippen LogP contribution in [0.4, 0.5) is 0 Å². The van der Waals surface area contributed by atoms with Crippen LogP contribution in [0.25, 0.3) is 0 Å². The molecule has 6 heteroatoms. The van der Waals surface area contributed by atoms with Gasteiger partial charge in [-0.25, -0.2) is 0 Å². The highest BCUT2D eigenvalue weighted by molar-refractivity contribution is 5.79. The summed E-state index contributed by atoms with van der Waals surface area (Å²) >= 11 is 0. The first kappa shape index (κ1) is 19.6. The van der Waals surface area contributed by atoms with Crippen molar-refractivity contribution in [1.29, 1.82) is 0 Å². The first-order valence-electron chi connectivity index (χ1n) is 8.69. The summed E-state index contributed by atoms with van der Waals surface area (Å²) < 4.78 is 16.5. The molecular formula is C20H27N3O3. The van der Waals surface area contributed by atoms with Crippen molar-refractivity contribution in [3.8, 4) is 17.2 Å². The summed E-state index contributed by atoms with van der Waals surface area (Å²) in [5.41, 5.74) is 1.13. The molecule has 0 saturated carbocycles. The van der Waals surface area contributed by atoms with Crippen LogP contribution >= 0.6 is 0 Å². The van der Waals surface area contributed by atoms with E-state index in [4.69, 9.17) is 14.2 Å². The molecule has 0 aliphatic carbocycles. The Balaban J connectivity index is 1.85. The third-order valence-electron chi connectivity index (χ3n) is 3.65. The highest BCUT2D eigenvalue weighted by Gasteiger charge is 2.04. The Bertz CT molecular complexity index is 687. The topological polar surface area (TPSA) is 64.1 Å². The molecule has 0 aliphatic heterocycles. The van der Waals surface area contributed by atoms with Crippen LogP contribution in [0.5, 0.6) is 17.2 Å². The molecule has 0 saturated heterocycles. The van der Waals surface area contributed by atoms with Crippen LogP contribution in [-0.4, -0.2) is 39.9 Å². The van der Waals surface area contributed by atoms with E-state index in [1.807, 2.05) is 55.5 Å². The second kappa shape index (κ2) is 11.0. The van der Waals surface area contributed by atoms with E-state index in [9.17, 15) is 0 Å². The number of guanidine groups is 1. The Kier molecular flexibility index (Phi) is 8.29.